The molecule has 0 aromatic heterocycles. The highest BCUT2D eigenvalue weighted by Crippen LogP contribution is 2.31. The SMILES string of the molecule is CC1(C(=O)O)CCCN(C(=O)C(CN)c2ccccc2)C1. The van der Waals surface area contributed by atoms with E-state index in [9.17, 15) is 14.7 Å². The average Bonchev–Trinajstić information content (AvgIpc) is 2.49. The minimum atomic E-state index is -0.857. The summed E-state index contributed by atoms with van der Waals surface area (Å²) in [5.74, 6) is -1.32. The number of rotatable bonds is 4. The monoisotopic (exact) mass is 290 g/mol. The number of hydrogen-bond acceptors (Lipinski definition) is 3. The van der Waals surface area contributed by atoms with Gasteiger partial charge in [0, 0.05) is 19.6 Å². The third-order valence-electron chi connectivity index (χ3n) is 4.26. The summed E-state index contributed by atoms with van der Waals surface area (Å²) in [6, 6.07) is 9.42. The van der Waals surface area contributed by atoms with E-state index in [2.05, 4.69) is 0 Å². The van der Waals surface area contributed by atoms with E-state index in [0.29, 0.717) is 19.4 Å². The van der Waals surface area contributed by atoms with Crippen LogP contribution in [0.5, 0.6) is 0 Å². The second kappa shape index (κ2) is 6.26. The summed E-state index contributed by atoms with van der Waals surface area (Å²) in [7, 11) is 0. The Morgan fingerprint density at radius 3 is 2.62 bits per heavy atom. The Balaban J connectivity index is 2.16. The number of aliphatic carboxylic acids is 1. The first-order valence-electron chi connectivity index (χ1n) is 7.25. The number of nitrogens with zero attached hydrogens (tertiary/aromatic N) is 1. The molecular weight excluding hydrogens is 268 g/mol. The Hall–Kier alpha value is -1.88. The fraction of sp³-hybridized carbons (Fsp3) is 0.500. The number of benzene rings is 1. The first kappa shape index (κ1) is 15.5. The second-order valence-electron chi connectivity index (χ2n) is 5.93. The molecule has 1 aliphatic rings. The minimum Gasteiger partial charge on any atom is -0.481 e. The largest absolute Gasteiger partial charge is 0.481 e. The molecule has 0 radical (unpaired) electrons. The van der Waals surface area contributed by atoms with Gasteiger partial charge in [-0.3, -0.25) is 9.59 Å². The van der Waals surface area contributed by atoms with E-state index in [0.717, 1.165) is 5.56 Å². The molecule has 0 bridgehead atoms. The van der Waals surface area contributed by atoms with Gasteiger partial charge in [0.05, 0.1) is 11.3 Å². The van der Waals surface area contributed by atoms with Crippen LogP contribution in [0.25, 0.3) is 0 Å². The highest BCUT2D eigenvalue weighted by molar-refractivity contribution is 5.85. The fourth-order valence-electron chi connectivity index (χ4n) is 2.89. The van der Waals surface area contributed by atoms with Gasteiger partial charge in [0.15, 0.2) is 0 Å². The Kier molecular flexibility index (Phi) is 4.63. The lowest BCUT2D eigenvalue weighted by atomic mass is 9.81. The molecule has 0 saturated carbocycles. The molecule has 2 rings (SSSR count). The molecule has 0 spiro atoms. The van der Waals surface area contributed by atoms with E-state index < -0.39 is 17.3 Å². The standard InChI is InChI=1S/C16H22N2O3/c1-16(15(20)21)8-5-9-18(11-16)14(19)13(10-17)12-6-3-2-4-7-12/h2-4,6-7,13H,5,8-11,17H2,1H3,(H,20,21). The Morgan fingerprint density at radius 2 is 2.05 bits per heavy atom. The topological polar surface area (TPSA) is 83.6 Å². The molecule has 5 nitrogen and oxygen atoms in total. The van der Waals surface area contributed by atoms with Crippen molar-refractivity contribution >= 4 is 11.9 Å². The number of nitrogens with two attached hydrogens (primary N) is 1. The van der Waals surface area contributed by atoms with Crippen molar-refractivity contribution < 1.29 is 14.7 Å². The number of amides is 1. The van der Waals surface area contributed by atoms with Gasteiger partial charge in [-0.1, -0.05) is 30.3 Å². The summed E-state index contributed by atoms with van der Waals surface area (Å²) in [4.78, 5) is 25.7. The molecular formula is C16H22N2O3. The van der Waals surface area contributed by atoms with E-state index in [1.54, 1.807) is 11.8 Å². The van der Waals surface area contributed by atoms with Gasteiger partial charge in [-0.25, -0.2) is 0 Å². The zero-order valence-electron chi connectivity index (χ0n) is 12.3. The summed E-state index contributed by atoms with van der Waals surface area (Å²) >= 11 is 0. The van der Waals surface area contributed by atoms with Crippen molar-refractivity contribution in [3.63, 3.8) is 0 Å². The second-order valence-corrected chi connectivity index (χ2v) is 5.93. The molecule has 2 unspecified atom stereocenters. The molecule has 1 aliphatic heterocycles. The number of likely N-dealkylation sites (tertiary alicyclic amines) is 1. The molecule has 1 aromatic rings. The third kappa shape index (κ3) is 3.24. The van der Waals surface area contributed by atoms with Gasteiger partial charge in [-0.2, -0.15) is 0 Å². The highest BCUT2D eigenvalue weighted by Gasteiger charge is 2.40. The van der Waals surface area contributed by atoms with Crippen molar-refractivity contribution in [2.45, 2.75) is 25.7 Å². The van der Waals surface area contributed by atoms with Crippen LogP contribution in [0.3, 0.4) is 0 Å². The number of hydrogen-bond donors (Lipinski definition) is 2. The zero-order chi connectivity index (χ0) is 15.5. The van der Waals surface area contributed by atoms with E-state index in [4.69, 9.17) is 5.73 Å². The fourth-order valence-corrected chi connectivity index (χ4v) is 2.89. The van der Waals surface area contributed by atoms with Crippen LogP contribution in [0.4, 0.5) is 0 Å². The van der Waals surface area contributed by atoms with E-state index in [1.807, 2.05) is 30.3 Å². The summed E-state index contributed by atoms with van der Waals surface area (Å²) in [5, 5.41) is 9.35. The molecule has 1 heterocycles. The Bertz CT molecular complexity index is 518. The lowest BCUT2D eigenvalue weighted by molar-refractivity contribution is -0.153. The van der Waals surface area contributed by atoms with E-state index in [-0.39, 0.29) is 19.0 Å². The highest BCUT2D eigenvalue weighted by atomic mass is 16.4. The molecule has 1 aromatic carbocycles. The van der Waals surface area contributed by atoms with Crippen molar-refractivity contribution in [3.8, 4) is 0 Å². The van der Waals surface area contributed by atoms with Crippen LogP contribution in [0.15, 0.2) is 30.3 Å². The molecule has 1 amide bonds. The number of carboxylic acids is 1. The van der Waals surface area contributed by atoms with Crippen LogP contribution in [0.2, 0.25) is 0 Å². The van der Waals surface area contributed by atoms with Gasteiger partial charge in [0.2, 0.25) is 5.91 Å². The lowest BCUT2D eigenvalue weighted by Gasteiger charge is -2.39. The van der Waals surface area contributed by atoms with Crippen molar-refractivity contribution in [3.05, 3.63) is 35.9 Å². The van der Waals surface area contributed by atoms with Crippen LogP contribution in [-0.4, -0.2) is 41.5 Å². The quantitative estimate of drug-likeness (QED) is 0.879. The van der Waals surface area contributed by atoms with Crippen molar-refractivity contribution in [2.24, 2.45) is 11.1 Å². The summed E-state index contributed by atoms with van der Waals surface area (Å²) < 4.78 is 0. The molecule has 114 valence electrons. The van der Waals surface area contributed by atoms with Gasteiger partial charge in [0.1, 0.15) is 0 Å². The maximum atomic E-state index is 12.7. The van der Waals surface area contributed by atoms with Gasteiger partial charge in [-0.05, 0) is 25.3 Å². The van der Waals surface area contributed by atoms with Crippen molar-refractivity contribution in [2.75, 3.05) is 19.6 Å². The van der Waals surface area contributed by atoms with Crippen LogP contribution < -0.4 is 5.73 Å². The third-order valence-corrected chi connectivity index (χ3v) is 4.26. The molecule has 5 heteroatoms. The maximum Gasteiger partial charge on any atom is 0.311 e. The van der Waals surface area contributed by atoms with Gasteiger partial charge in [-0.15, -0.1) is 0 Å². The summed E-state index contributed by atoms with van der Waals surface area (Å²) in [6.07, 6.45) is 1.31. The smallest absolute Gasteiger partial charge is 0.311 e. The van der Waals surface area contributed by atoms with Gasteiger partial charge < -0.3 is 15.7 Å². The maximum absolute atomic E-state index is 12.7. The summed E-state index contributed by atoms with van der Waals surface area (Å²) in [6.45, 7) is 2.79. The molecule has 21 heavy (non-hydrogen) atoms. The van der Waals surface area contributed by atoms with Crippen LogP contribution in [-0.2, 0) is 9.59 Å². The predicted molar refractivity (Wildman–Crippen MR) is 79.8 cm³/mol. The molecule has 1 saturated heterocycles. The predicted octanol–water partition coefficient (Wildman–Crippen LogP) is 1.44. The molecule has 1 fully saturated rings. The van der Waals surface area contributed by atoms with E-state index >= 15 is 0 Å². The molecule has 2 atom stereocenters. The van der Waals surface area contributed by atoms with Crippen LogP contribution >= 0.6 is 0 Å². The van der Waals surface area contributed by atoms with Gasteiger partial charge in [0.25, 0.3) is 0 Å². The van der Waals surface area contributed by atoms with E-state index in [1.165, 1.54) is 0 Å². The van der Waals surface area contributed by atoms with Crippen molar-refractivity contribution in [1.82, 2.24) is 4.90 Å². The van der Waals surface area contributed by atoms with Crippen LogP contribution in [0, 0.1) is 5.41 Å². The number of carbonyl (C=O) groups excluding carboxylic acids is 1. The molecule has 3 N–H and O–H groups in total. The first-order chi connectivity index (χ1) is 9.98. The van der Waals surface area contributed by atoms with Gasteiger partial charge >= 0.3 is 5.97 Å². The minimum absolute atomic E-state index is 0.0733. The summed E-state index contributed by atoms with van der Waals surface area (Å²) in [5.41, 5.74) is 5.80. The number of carboxylic acid groups (broad SMARTS) is 1. The number of carbonyl (C=O) groups is 2. The Labute approximate surface area is 124 Å². The van der Waals surface area contributed by atoms with Crippen molar-refractivity contribution in [1.29, 1.82) is 0 Å². The normalized spacial score (nSPS) is 23.6. The Morgan fingerprint density at radius 1 is 1.38 bits per heavy atom. The average molecular weight is 290 g/mol. The zero-order valence-corrected chi connectivity index (χ0v) is 12.3. The first-order valence-corrected chi connectivity index (χ1v) is 7.25. The number of piperidine rings is 1. The molecule has 0 aliphatic carbocycles. The van der Waals surface area contributed by atoms with Crippen LogP contribution in [0.1, 0.15) is 31.2 Å². The lowest BCUT2D eigenvalue weighted by Crippen LogP contribution is -2.50.